The average Bonchev–Trinajstić information content (AvgIpc) is 2.29. The summed E-state index contributed by atoms with van der Waals surface area (Å²) in [7, 11) is 0. The third kappa shape index (κ3) is 3.00. The summed E-state index contributed by atoms with van der Waals surface area (Å²) in [6, 6.07) is 13.1. The van der Waals surface area contributed by atoms with Crippen molar-refractivity contribution in [2.45, 2.75) is 6.54 Å². The van der Waals surface area contributed by atoms with Crippen molar-refractivity contribution in [3.63, 3.8) is 0 Å². The molecule has 0 spiro atoms. The van der Waals surface area contributed by atoms with Gasteiger partial charge in [-0.25, -0.2) is 0 Å². The molecule has 88 valence electrons. The van der Waals surface area contributed by atoms with Crippen molar-refractivity contribution in [1.82, 2.24) is 0 Å². The number of hydrogen-bond donors (Lipinski definition) is 1. The molecule has 0 saturated carbocycles. The van der Waals surface area contributed by atoms with Gasteiger partial charge in [0.15, 0.2) is 0 Å². The summed E-state index contributed by atoms with van der Waals surface area (Å²) in [4.78, 5) is 0. The predicted octanol–water partition coefficient (Wildman–Crippen LogP) is 4.35. The molecule has 0 atom stereocenters. The number of rotatable bonds is 3. The van der Waals surface area contributed by atoms with E-state index >= 15 is 0 Å². The van der Waals surface area contributed by atoms with Crippen molar-refractivity contribution in [3.8, 4) is 11.5 Å². The smallest absolute Gasteiger partial charge is 0.133 e. The van der Waals surface area contributed by atoms with Crippen LogP contribution in [0.25, 0.3) is 0 Å². The monoisotopic (exact) mass is 311 g/mol. The maximum absolute atomic E-state index is 6.06. The molecule has 0 aliphatic heterocycles. The lowest BCUT2D eigenvalue weighted by Crippen LogP contribution is -2.00. The lowest BCUT2D eigenvalue weighted by molar-refractivity contribution is 0.476. The zero-order valence-electron chi connectivity index (χ0n) is 8.99. The van der Waals surface area contributed by atoms with Crippen LogP contribution in [0, 0.1) is 0 Å². The molecule has 0 radical (unpaired) electrons. The van der Waals surface area contributed by atoms with E-state index in [0.29, 0.717) is 17.3 Å². The summed E-state index contributed by atoms with van der Waals surface area (Å²) in [6.45, 7) is 0.350. The van der Waals surface area contributed by atoms with Gasteiger partial charge in [0, 0.05) is 21.6 Å². The summed E-state index contributed by atoms with van der Waals surface area (Å²) < 4.78 is 6.73. The first kappa shape index (κ1) is 12.4. The zero-order valence-corrected chi connectivity index (χ0v) is 11.3. The van der Waals surface area contributed by atoms with E-state index in [1.165, 1.54) is 0 Å². The van der Waals surface area contributed by atoms with E-state index in [1.54, 1.807) is 6.07 Å². The van der Waals surface area contributed by atoms with Crippen LogP contribution in [-0.2, 0) is 6.54 Å². The Balaban J connectivity index is 2.33. The van der Waals surface area contributed by atoms with Gasteiger partial charge >= 0.3 is 0 Å². The van der Waals surface area contributed by atoms with Gasteiger partial charge in [-0.15, -0.1) is 0 Å². The molecule has 0 amide bonds. The van der Waals surface area contributed by atoms with Gasteiger partial charge in [-0.3, -0.25) is 0 Å². The van der Waals surface area contributed by atoms with Crippen LogP contribution >= 0.6 is 27.5 Å². The Morgan fingerprint density at radius 3 is 2.65 bits per heavy atom. The maximum Gasteiger partial charge on any atom is 0.133 e. The van der Waals surface area contributed by atoms with Crippen LogP contribution in [0.1, 0.15) is 5.56 Å². The molecule has 0 saturated heterocycles. The van der Waals surface area contributed by atoms with Crippen LogP contribution in [0.3, 0.4) is 0 Å². The second kappa shape index (κ2) is 5.54. The largest absolute Gasteiger partial charge is 0.457 e. The Morgan fingerprint density at radius 1 is 1.18 bits per heavy atom. The number of hydrogen-bond acceptors (Lipinski definition) is 2. The minimum absolute atomic E-state index is 0.350. The molecular weight excluding hydrogens is 302 g/mol. The van der Waals surface area contributed by atoms with Gasteiger partial charge in [0.05, 0.1) is 0 Å². The van der Waals surface area contributed by atoms with E-state index < -0.39 is 0 Å². The Bertz CT molecular complexity index is 531. The molecule has 2 aromatic rings. The van der Waals surface area contributed by atoms with Crippen molar-refractivity contribution in [2.24, 2.45) is 5.73 Å². The lowest BCUT2D eigenvalue weighted by atomic mass is 10.2. The number of benzene rings is 2. The number of halogens is 2. The van der Waals surface area contributed by atoms with Crippen molar-refractivity contribution in [3.05, 3.63) is 57.5 Å². The molecule has 0 fully saturated rings. The van der Waals surface area contributed by atoms with Gasteiger partial charge in [-0.1, -0.05) is 39.7 Å². The Labute approximate surface area is 113 Å². The summed E-state index contributed by atoms with van der Waals surface area (Å²) in [5.41, 5.74) is 6.48. The number of nitrogens with two attached hydrogens (primary N) is 1. The highest BCUT2D eigenvalue weighted by Gasteiger charge is 2.07. The zero-order chi connectivity index (χ0) is 12.3. The van der Waals surface area contributed by atoms with Crippen LogP contribution in [0.5, 0.6) is 11.5 Å². The van der Waals surface area contributed by atoms with E-state index in [-0.39, 0.29) is 0 Å². The molecule has 4 heteroatoms. The number of ether oxygens (including phenoxy) is 1. The second-order valence-electron chi connectivity index (χ2n) is 3.48. The van der Waals surface area contributed by atoms with E-state index in [0.717, 1.165) is 15.8 Å². The van der Waals surface area contributed by atoms with Gasteiger partial charge in [-0.05, 0) is 30.3 Å². The second-order valence-corrected chi connectivity index (χ2v) is 4.80. The standard InChI is InChI=1S/C13H11BrClNO/c14-9-3-1-4-10(7-9)17-13-6-2-5-12(15)11(13)8-16/h1-7H,8,16H2. The summed E-state index contributed by atoms with van der Waals surface area (Å²) in [5.74, 6) is 1.44. The summed E-state index contributed by atoms with van der Waals surface area (Å²) >= 11 is 9.45. The molecule has 2 rings (SSSR count). The first-order valence-electron chi connectivity index (χ1n) is 5.11. The van der Waals surface area contributed by atoms with Gasteiger partial charge < -0.3 is 10.5 Å². The van der Waals surface area contributed by atoms with Crippen LogP contribution < -0.4 is 10.5 Å². The van der Waals surface area contributed by atoms with Crippen molar-refractivity contribution < 1.29 is 4.74 Å². The van der Waals surface area contributed by atoms with Crippen LogP contribution in [0.2, 0.25) is 5.02 Å². The van der Waals surface area contributed by atoms with E-state index in [1.807, 2.05) is 36.4 Å². The fourth-order valence-electron chi connectivity index (χ4n) is 1.49. The normalized spacial score (nSPS) is 10.3. The average molecular weight is 313 g/mol. The molecule has 2 aromatic carbocycles. The quantitative estimate of drug-likeness (QED) is 0.914. The highest BCUT2D eigenvalue weighted by Crippen LogP contribution is 2.30. The summed E-state index contributed by atoms with van der Waals surface area (Å²) in [6.07, 6.45) is 0. The molecule has 0 unspecified atom stereocenters. The van der Waals surface area contributed by atoms with Crippen molar-refractivity contribution in [1.29, 1.82) is 0 Å². The van der Waals surface area contributed by atoms with E-state index in [4.69, 9.17) is 22.1 Å². The molecule has 17 heavy (non-hydrogen) atoms. The molecule has 0 aliphatic carbocycles. The fourth-order valence-corrected chi connectivity index (χ4v) is 2.11. The molecule has 0 bridgehead atoms. The van der Waals surface area contributed by atoms with Gasteiger partial charge in [0.1, 0.15) is 11.5 Å². The molecule has 0 heterocycles. The Morgan fingerprint density at radius 2 is 1.94 bits per heavy atom. The molecule has 0 aromatic heterocycles. The predicted molar refractivity (Wildman–Crippen MR) is 73.6 cm³/mol. The van der Waals surface area contributed by atoms with E-state index in [9.17, 15) is 0 Å². The first-order valence-corrected chi connectivity index (χ1v) is 6.28. The fraction of sp³-hybridized carbons (Fsp3) is 0.0769. The third-order valence-electron chi connectivity index (χ3n) is 2.30. The minimum Gasteiger partial charge on any atom is -0.457 e. The molecule has 2 N–H and O–H groups in total. The van der Waals surface area contributed by atoms with E-state index in [2.05, 4.69) is 15.9 Å². The van der Waals surface area contributed by atoms with Gasteiger partial charge in [-0.2, -0.15) is 0 Å². The van der Waals surface area contributed by atoms with Crippen LogP contribution in [0.15, 0.2) is 46.9 Å². The molecule has 2 nitrogen and oxygen atoms in total. The maximum atomic E-state index is 6.06. The lowest BCUT2D eigenvalue weighted by Gasteiger charge is -2.11. The van der Waals surface area contributed by atoms with Gasteiger partial charge in [0.25, 0.3) is 0 Å². The molecule has 0 aliphatic rings. The first-order chi connectivity index (χ1) is 8.20. The van der Waals surface area contributed by atoms with Crippen LogP contribution in [0.4, 0.5) is 0 Å². The third-order valence-corrected chi connectivity index (χ3v) is 3.15. The summed E-state index contributed by atoms with van der Waals surface area (Å²) in [5, 5.41) is 0.625. The highest BCUT2D eigenvalue weighted by molar-refractivity contribution is 9.10. The Kier molecular flexibility index (Phi) is 4.05. The minimum atomic E-state index is 0.350. The van der Waals surface area contributed by atoms with Gasteiger partial charge in [0.2, 0.25) is 0 Å². The molecular formula is C13H11BrClNO. The SMILES string of the molecule is NCc1c(Cl)cccc1Oc1cccc(Br)c1. The topological polar surface area (TPSA) is 35.2 Å². The Hall–Kier alpha value is -1.03. The highest BCUT2D eigenvalue weighted by atomic mass is 79.9. The van der Waals surface area contributed by atoms with Crippen molar-refractivity contribution >= 4 is 27.5 Å². The van der Waals surface area contributed by atoms with Crippen molar-refractivity contribution in [2.75, 3.05) is 0 Å². The van der Waals surface area contributed by atoms with Crippen LogP contribution in [-0.4, -0.2) is 0 Å².